The van der Waals surface area contributed by atoms with E-state index >= 15 is 0 Å². The van der Waals surface area contributed by atoms with Crippen molar-refractivity contribution < 1.29 is 9.47 Å². The number of hydrogen-bond donors (Lipinski definition) is 3. The van der Waals surface area contributed by atoms with Crippen LogP contribution >= 0.6 is 0 Å². The van der Waals surface area contributed by atoms with Gasteiger partial charge in [-0.05, 0) is 13.8 Å². The van der Waals surface area contributed by atoms with Gasteiger partial charge in [0.2, 0.25) is 5.96 Å². The molecule has 0 saturated carbocycles. The van der Waals surface area contributed by atoms with Crippen molar-refractivity contribution in [1.29, 1.82) is 5.26 Å². The molecule has 8 heteroatoms. The van der Waals surface area contributed by atoms with E-state index in [9.17, 15) is 5.26 Å². The van der Waals surface area contributed by atoms with Crippen molar-refractivity contribution in [2.75, 3.05) is 13.2 Å². The molecule has 0 radical (unpaired) electrons. The molecular formula is C13H18N6O2. The van der Waals surface area contributed by atoms with Crippen molar-refractivity contribution in [3.63, 3.8) is 0 Å². The van der Waals surface area contributed by atoms with Gasteiger partial charge in [-0.1, -0.05) is 0 Å². The summed E-state index contributed by atoms with van der Waals surface area (Å²) in [5, 5.41) is 9.19. The zero-order chi connectivity index (χ0) is 15.8. The smallest absolute Gasteiger partial charge is 0.223 e. The molecule has 0 heterocycles. The molecule has 0 aliphatic heterocycles. The summed E-state index contributed by atoms with van der Waals surface area (Å²) in [7, 11) is 0. The van der Waals surface area contributed by atoms with Gasteiger partial charge in [0.05, 0.1) is 24.5 Å². The van der Waals surface area contributed by atoms with Gasteiger partial charge in [0, 0.05) is 12.1 Å². The molecule has 1 aromatic carbocycles. The van der Waals surface area contributed by atoms with E-state index in [1.54, 1.807) is 6.07 Å². The molecule has 0 bridgehead atoms. The predicted octanol–water partition coefficient (Wildman–Crippen LogP) is 0.575. The van der Waals surface area contributed by atoms with Gasteiger partial charge >= 0.3 is 0 Å². The molecule has 8 nitrogen and oxygen atoms in total. The minimum absolute atomic E-state index is 0.155. The molecule has 0 aliphatic carbocycles. The molecule has 0 atom stereocenters. The Morgan fingerprint density at radius 2 is 1.71 bits per heavy atom. The third-order valence-electron chi connectivity index (χ3n) is 2.26. The van der Waals surface area contributed by atoms with E-state index in [1.165, 1.54) is 6.07 Å². The average Bonchev–Trinajstić information content (AvgIpc) is 2.41. The van der Waals surface area contributed by atoms with Crippen molar-refractivity contribution in [2.24, 2.45) is 27.2 Å². The molecule has 0 amide bonds. The van der Waals surface area contributed by atoms with Gasteiger partial charge in [-0.25, -0.2) is 4.99 Å². The molecule has 1 rings (SSSR count). The molecule has 0 aliphatic rings. The minimum Gasteiger partial charge on any atom is -0.490 e. The van der Waals surface area contributed by atoms with Crippen LogP contribution in [0.1, 0.15) is 19.4 Å². The van der Waals surface area contributed by atoms with Crippen LogP contribution in [-0.4, -0.2) is 25.1 Å². The standard InChI is InChI=1S/C13H18N6O2/c1-3-20-10-5-8(7-14)9(6-11(10)21-4-2)18-13(17)19-12(15)16/h5-6H,3-4H2,1-2H3,(H6,15,16,17,18,19). The van der Waals surface area contributed by atoms with E-state index in [4.69, 9.17) is 26.7 Å². The van der Waals surface area contributed by atoms with Crippen molar-refractivity contribution in [3.05, 3.63) is 17.7 Å². The zero-order valence-electron chi connectivity index (χ0n) is 12.0. The molecular weight excluding hydrogens is 272 g/mol. The summed E-state index contributed by atoms with van der Waals surface area (Å²) in [5.74, 6) is 0.564. The molecule has 0 fully saturated rings. The maximum Gasteiger partial charge on any atom is 0.223 e. The molecule has 112 valence electrons. The monoisotopic (exact) mass is 290 g/mol. The summed E-state index contributed by atoms with van der Waals surface area (Å²) >= 11 is 0. The second-order valence-electron chi connectivity index (χ2n) is 3.80. The number of nitrogens with zero attached hydrogens (tertiary/aromatic N) is 3. The second-order valence-corrected chi connectivity index (χ2v) is 3.80. The highest BCUT2D eigenvalue weighted by Gasteiger charge is 2.12. The Morgan fingerprint density at radius 1 is 1.14 bits per heavy atom. The maximum atomic E-state index is 9.19. The van der Waals surface area contributed by atoms with E-state index in [0.717, 1.165) is 0 Å². The summed E-state index contributed by atoms with van der Waals surface area (Å²) in [5.41, 5.74) is 16.6. The van der Waals surface area contributed by atoms with Crippen LogP contribution in [0.2, 0.25) is 0 Å². The lowest BCUT2D eigenvalue weighted by Crippen LogP contribution is -2.26. The van der Waals surface area contributed by atoms with Crippen molar-refractivity contribution in [3.8, 4) is 17.6 Å². The summed E-state index contributed by atoms with van der Waals surface area (Å²) in [6.07, 6.45) is 0. The highest BCUT2D eigenvalue weighted by Crippen LogP contribution is 2.35. The fourth-order valence-corrected chi connectivity index (χ4v) is 1.55. The van der Waals surface area contributed by atoms with Crippen LogP contribution in [0.25, 0.3) is 0 Å². The maximum absolute atomic E-state index is 9.19. The van der Waals surface area contributed by atoms with Crippen molar-refractivity contribution >= 4 is 17.6 Å². The number of nitriles is 1. The first-order chi connectivity index (χ1) is 10.0. The summed E-state index contributed by atoms with van der Waals surface area (Å²) in [6.45, 7) is 4.57. The summed E-state index contributed by atoms with van der Waals surface area (Å²) in [4.78, 5) is 7.60. The van der Waals surface area contributed by atoms with Gasteiger partial charge in [-0.3, -0.25) is 0 Å². The lowest BCUT2D eigenvalue weighted by molar-refractivity contribution is 0.288. The SMILES string of the molecule is CCOc1cc(C#N)c(N=C(N)N=C(N)N)cc1OCC. The van der Waals surface area contributed by atoms with E-state index in [1.807, 2.05) is 19.9 Å². The number of rotatable bonds is 5. The Balaban J connectivity index is 3.34. The topological polar surface area (TPSA) is 145 Å². The highest BCUT2D eigenvalue weighted by molar-refractivity contribution is 5.94. The average molecular weight is 290 g/mol. The zero-order valence-corrected chi connectivity index (χ0v) is 12.0. The first kappa shape index (κ1) is 16.1. The number of guanidine groups is 2. The van der Waals surface area contributed by atoms with Crippen LogP contribution in [0.4, 0.5) is 5.69 Å². The van der Waals surface area contributed by atoms with Crippen LogP contribution in [0.15, 0.2) is 22.1 Å². The summed E-state index contributed by atoms with van der Waals surface area (Å²) < 4.78 is 10.9. The largest absolute Gasteiger partial charge is 0.490 e. The normalized spacial score (nSPS) is 10.6. The second kappa shape index (κ2) is 7.59. The number of nitrogens with two attached hydrogens (primary N) is 3. The number of aliphatic imine (C=N–C) groups is 2. The van der Waals surface area contributed by atoms with Crippen molar-refractivity contribution in [2.45, 2.75) is 13.8 Å². The third-order valence-corrected chi connectivity index (χ3v) is 2.26. The van der Waals surface area contributed by atoms with Crippen LogP contribution in [0.3, 0.4) is 0 Å². The fourth-order valence-electron chi connectivity index (χ4n) is 1.55. The van der Waals surface area contributed by atoms with Gasteiger partial charge in [-0.2, -0.15) is 10.3 Å². The minimum atomic E-state index is -0.217. The van der Waals surface area contributed by atoms with Crippen LogP contribution in [0.5, 0.6) is 11.5 Å². The molecule has 6 N–H and O–H groups in total. The van der Waals surface area contributed by atoms with E-state index in [-0.39, 0.29) is 17.5 Å². The molecule has 0 aromatic heterocycles. The molecule has 0 unspecified atom stereocenters. The van der Waals surface area contributed by atoms with Gasteiger partial charge in [-0.15, -0.1) is 0 Å². The van der Waals surface area contributed by atoms with Crippen LogP contribution < -0.4 is 26.7 Å². The third kappa shape index (κ3) is 4.58. The van der Waals surface area contributed by atoms with Gasteiger partial charge < -0.3 is 26.7 Å². The van der Waals surface area contributed by atoms with E-state index < -0.39 is 0 Å². The Bertz CT molecular complexity index is 599. The van der Waals surface area contributed by atoms with E-state index in [2.05, 4.69) is 9.98 Å². The molecule has 0 saturated heterocycles. The molecule has 21 heavy (non-hydrogen) atoms. The van der Waals surface area contributed by atoms with Gasteiger partial charge in [0.25, 0.3) is 0 Å². The Morgan fingerprint density at radius 3 is 2.19 bits per heavy atom. The predicted molar refractivity (Wildman–Crippen MR) is 80.6 cm³/mol. The Kier molecular flexibility index (Phi) is 5.82. The number of benzene rings is 1. The van der Waals surface area contributed by atoms with Crippen molar-refractivity contribution in [1.82, 2.24) is 0 Å². The van der Waals surface area contributed by atoms with Crippen LogP contribution in [-0.2, 0) is 0 Å². The van der Waals surface area contributed by atoms with E-state index in [0.29, 0.717) is 30.4 Å². The summed E-state index contributed by atoms with van der Waals surface area (Å²) in [6, 6.07) is 5.11. The quantitative estimate of drug-likeness (QED) is 0.534. The number of ether oxygens (including phenoxy) is 2. The fraction of sp³-hybridized carbons (Fsp3) is 0.308. The molecule has 0 spiro atoms. The number of hydrogen-bond acceptors (Lipinski definition) is 4. The van der Waals surface area contributed by atoms with Gasteiger partial charge in [0.1, 0.15) is 6.07 Å². The lowest BCUT2D eigenvalue weighted by Gasteiger charge is -2.12. The first-order valence-electron chi connectivity index (χ1n) is 6.29. The first-order valence-corrected chi connectivity index (χ1v) is 6.29. The lowest BCUT2D eigenvalue weighted by atomic mass is 10.1. The Hall–Kier alpha value is -2.95. The highest BCUT2D eigenvalue weighted by atomic mass is 16.5. The van der Waals surface area contributed by atoms with Crippen LogP contribution in [0, 0.1) is 11.3 Å². The Labute approximate surface area is 122 Å². The molecule has 1 aromatic rings. The van der Waals surface area contributed by atoms with Gasteiger partial charge in [0.15, 0.2) is 17.5 Å².